The summed E-state index contributed by atoms with van der Waals surface area (Å²) in [6, 6.07) is 30.9. The Bertz CT molecular complexity index is 1080. The normalized spacial score (nSPS) is 10.5. The molecule has 4 aromatic carbocycles. The van der Waals surface area contributed by atoms with E-state index in [9.17, 15) is 9.59 Å². The third-order valence-corrected chi connectivity index (χ3v) is 4.90. The van der Waals surface area contributed by atoms with Crippen molar-refractivity contribution in [2.45, 2.75) is 13.8 Å². The van der Waals surface area contributed by atoms with Crippen LogP contribution in [0, 0.1) is 13.8 Å². The number of hydrogen-bond donors (Lipinski definition) is 0. The molecule has 0 saturated heterocycles. The number of rotatable bonds is 6. The van der Waals surface area contributed by atoms with Crippen molar-refractivity contribution in [3.63, 3.8) is 0 Å². The molecule has 3 heteroatoms. The molecule has 0 saturated carbocycles. The van der Waals surface area contributed by atoms with Crippen LogP contribution in [0.1, 0.15) is 43.0 Å². The van der Waals surface area contributed by atoms with Crippen LogP contribution in [-0.4, -0.2) is 11.6 Å². The van der Waals surface area contributed by atoms with Gasteiger partial charge < -0.3 is 51.3 Å². The van der Waals surface area contributed by atoms with E-state index in [1.807, 2.05) is 123 Å². The molecule has 0 amide bonds. The van der Waals surface area contributed by atoms with Crippen molar-refractivity contribution >= 4 is 23.7 Å². The van der Waals surface area contributed by atoms with E-state index in [0.717, 1.165) is 22.3 Å². The number of allylic oxidation sites excluding steroid dienone is 2. The fraction of sp³-hybridized carbons (Fsp3) is 0.0667. The molecular formula is C30H26FeO2-6. The SMILES string of the molecule is Cc1ccc(C=CC(=O)[c-]2[cH-][cH-][cH-][cH-]2)cc1.Cc1ccc(C=CC(=O)[c-]2cccc2)cc1.[Fe]. The molecule has 0 bridgehead atoms. The van der Waals surface area contributed by atoms with E-state index in [0.29, 0.717) is 0 Å². The van der Waals surface area contributed by atoms with E-state index in [1.54, 1.807) is 12.2 Å². The van der Waals surface area contributed by atoms with E-state index in [4.69, 9.17) is 0 Å². The Morgan fingerprint density at radius 2 is 1.12 bits per heavy atom. The number of hydrogen-bond acceptors (Lipinski definition) is 2. The molecule has 0 spiro atoms. The van der Waals surface area contributed by atoms with Gasteiger partial charge in [-0.1, -0.05) is 82.9 Å². The summed E-state index contributed by atoms with van der Waals surface area (Å²) in [7, 11) is 0. The number of carbonyl (C=O) groups is 2. The van der Waals surface area contributed by atoms with Crippen molar-refractivity contribution in [2.75, 3.05) is 0 Å². The third-order valence-electron chi connectivity index (χ3n) is 4.90. The first-order chi connectivity index (χ1) is 15.5. The van der Waals surface area contributed by atoms with Gasteiger partial charge in [0.1, 0.15) is 5.78 Å². The Morgan fingerprint density at radius 3 is 1.58 bits per heavy atom. The average Bonchev–Trinajstić information content (AvgIpc) is 3.53. The van der Waals surface area contributed by atoms with Crippen LogP contribution in [0.2, 0.25) is 0 Å². The average molecular weight is 474 g/mol. The van der Waals surface area contributed by atoms with Crippen molar-refractivity contribution in [1.29, 1.82) is 0 Å². The summed E-state index contributed by atoms with van der Waals surface area (Å²) >= 11 is 0. The van der Waals surface area contributed by atoms with Crippen molar-refractivity contribution in [3.05, 3.63) is 143 Å². The van der Waals surface area contributed by atoms with Gasteiger partial charge in [-0.2, -0.15) is 18.2 Å². The molecule has 4 rings (SSSR count). The van der Waals surface area contributed by atoms with Gasteiger partial charge in [0.15, 0.2) is 0 Å². The molecule has 0 aliphatic rings. The zero-order valence-electron chi connectivity index (χ0n) is 18.7. The Labute approximate surface area is 206 Å². The monoisotopic (exact) mass is 474 g/mol. The van der Waals surface area contributed by atoms with Gasteiger partial charge in [-0.15, -0.1) is 12.1 Å². The van der Waals surface area contributed by atoms with Crippen molar-refractivity contribution in [2.24, 2.45) is 0 Å². The molecule has 0 aliphatic heterocycles. The summed E-state index contributed by atoms with van der Waals surface area (Å²) in [6.07, 6.45) is 6.91. The maximum atomic E-state index is 11.7. The molecule has 0 atom stereocenters. The molecule has 0 N–H and O–H groups in total. The van der Waals surface area contributed by atoms with Crippen LogP contribution >= 0.6 is 0 Å². The fourth-order valence-electron chi connectivity index (χ4n) is 2.97. The molecule has 172 valence electrons. The van der Waals surface area contributed by atoms with Gasteiger partial charge in [-0.05, 0) is 19.4 Å². The topological polar surface area (TPSA) is 34.1 Å². The minimum atomic E-state index is 0. The number of benzene rings is 2. The van der Waals surface area contributed by atoms with Gasteiger partial charge >= 0.3 is 0 Å². The molecule has 0 radical (unpaired) electrons. The fourth-order valence-corrected chi connectivity index (χ4v) is 2.97. The molecule has 33 heavy (non-hydrogen) atoms. The predicted octanol–water partition coefficient (Wildman–Crippen LogP) is 7.22. The van der Waals surface area contributed by atoms with Crippen LogP contribution in [0.3, 0.4) is 0 Å². The van der Waals surface area contributed by atoms with Gasteiger partial charge in [-0.25, -0.2) is 0 Å². The van der Waals surface area contributed by atoms with Crippen LogP contribution in [-0.2, 0) is 17.1 Å². The maximum Gasteiger partial charge on any atom is 0.105 e. The van der Waals surface area contributed by atoms with Crippen molar-refractivity contribution in [3.8, 4) is 0 Å². The minimum Gasteiger partial charge on any atom is -0.645 e. The molecule has 0 aliphatic carbocycles. The van der Waals surface area contributed by atoms with Crippen LogP contribution in [0.25, 0.3) is 12.2 Å². The first-order valence-electron chi connectivity index (χ1n) is 10.5. The summed E-state index contributed by atoms with van der Waals surface area (Å²) < 4.78 is 0. The third kappa shape index (κ3) is 8.50. The van der Waals surface area contributed by atoms with E-state index in [2.05, 4.69) is 0 Å². The molecule has 4 aromatic rings. The van der Waals surface area contributed by atoms with E-state index < -0.39 is 0 Å². The van der Waals surface area contributed by atoms with E-state index >= 15 is 0 Å². The van der Waals surface area contributed by atoms with Crippen LogP contribution in [0.4, 0.5) is 0 Å². The first kappa shape index (κ1) is 25.7. The number of aryl methyl sites for hydroxylation is 2. The van der Waals surface area contributed by atoms with Crippen LogP contribution in [0.5, 0.6) is 0 Å². The van der Waals surface area contributed by atoms with Gasteiger partial charge in [0.2, 0.25) is 0 Å². The van der Waals surface area contributed by atoms with Crippen molar-refractivity contribution in [1.82, 2.24) is 0 Å². The predicted molar refractivity (Wildman–Crippen MR) is 133 cm³/mol. The summed E-state index contributed by atoms with van der Waals surface area (Å²) in [5, 5.41) is 0. The molecule has 0 unspecified atom stereocenters. The quantitative estimate of drug-likeness (QED) is 0.128. The molecule has 0 fully saturated rings. The number of carbonyl (C=O) groups excluding carboxylic acids is 2. The zero-order chi connectivity index (χ0) is 22.8. The largest absolute Gasteiger partial charge is 0.645 e. The zero-order valence-corrected chi connectivity index (χ0v) is 19.8. The molecule has 0 heterocycles. The molecular weight excluding hydrogens is 448 g/mol. The van der Waals surface area contributed by atoms with Gasteiger partial charge in [0, 0.05) is 17.1 Å². The van der Waals surface area contributed by atoms with E-state index in [1.165, 1.54) is 11.1 Å². The first-order valence-corrected chi connectivity index (χ1v) is 10.5. The Balaban J connectivity index is 0.000000227. The van der Waals surface area contributed by atoms with Gasteiger partial charge in [0.05, 0.1) is 0 Å². The van der Waals surface area contributed by atoms with Crippen LogP contribution in [0.15, 0.2) is 109 Å². The Morgan fingerprint density at radius 1 is 0.697 bits per heavy atom. The van der Waals surface area contributed by atoms with Crippen LogP contribution < -0.4 is 0 Å². The summed E-state index contributed by atoms with van der Waals surface area (Å²) in [6.45, 7) is 4.09. The standard InChI is InChI=1S/2C15H13O.Fe/c2*1-12-6-8-13(9-7-12)10-11-15(16)14-4-2-3-5-14;/h2*2-11H,1H3;/q-5;-1;. The maximum absolute atomic E-state index is 11.7. The second-order valence-corrected chi connectivity index (χ2v) is 7.56. The Kier molecular flexibility index (Phi) is 10.2. The summed E-state index contributed by atoms with van der Waals surface area (Å²) in [4.78, 5) is 23.3. The molecule has 0 aromatic heterocycles. The van der Waals surface area contributed by atoms with E-state index in [-0.39, 0.29) is 28.6 Å². The summed E-state index contributed by atoms with van der Waals surface area (Å²) in [5.74, 6) is 0.0937. The second-order valence-electron chi connectivity index (χ2n) is 7.56. The van der Waals surface area contributed by atoms with Crippen molar-refractivity contribution < 1.29 is 26.7 Å². The summed E-state index contributed by atoms with van der Waals surface area (Å²) in [5.41, 5.74) is 6.02. The smallest absolute Gasteiger partial charge is 0.105 e. The van der Waals surface area contributed by atoms with Gasteiger partial charge in [0.25, 0.3) is 0 Å². The number of ketones is 2. The minimum absolute atomic E-state index is 0. The Hall–Kier alpha value is -3.52. The van der Waals surface area contributed by atoms with Gasteiger partial charge in [-0.3, -0.25) is 0 Å². The second kappa shape index (κ2) is 13.1. The molecule has 2 nitrogen and oxygen atoms in total.